The van der Waals surface area contributed by atoms with Crippen LogP contribution in [0.15, 0.2) is 29.3 Å². The second kappa shape index (κ2) is 11.3. The van der Waals surface area contributed by atoms with Gasteiger partial charge in [-0.3, -0.25) is 9.79 Å². The molecule has 23 heavy (non-hydrogen) atoms. The number of benzene rings is 1. The Hall–Kier alpha value is -2.28. The van der Waals surface area contributed by atoms with Crippen molar-refractivity contribution in [1.82, 2.24) is 16.0 Å². The molecule has 0 unspecified atom stereocenters. The maximum absolute atomic E-state index is 11.8. The lowest BCUT2D eigenvalue weighted by atomic mass is 10.2. The minimum absolute atomic E-state index is 0.0966. The minimum atomic E-state index is -0.0966. The number of aliphatic imine (C=N–C) groups is 1. The molecule has 0 aliphatic heterocycles. The Balaban J connectivity index is 2.24. The largest absolute Gasteiger partial charge is 0.497 e. The van der Waals surface area contributed by atoms with Gasteiger partial charge in [-0.15, -0.1) is 0 Å². The molecule has 7 heteroatoms. The first kappa shape index (κ1) is 18.8. The number of methoxy groups -OCH3 is 2. The van der Waals surface area contributed by atoms with Gasteiger partial charge in [0.25, 0.3) is 0 Å². The van der Waals surface area contributed by atoms with E-state index in [-0.39, 0.29) is 12.5 Å². The lowest BCUT2D eigenvalue weighted by molar-refractivity contribution is -0.120. The van der Waals surface area contributed by atoms with E-state index < -0.39 is 0 Å². The summed E-state index contributed by atoms with van der Waals surface area (Å²) in [5.41, 5.74) is 1.02. The summed E-state index contributed by atoms with van der Waals surface area (Å²) in [5.74, 6) is 1.30. The van der Waals surface area contributed by atoms with Crippen molar-refractivity contribution in [2.75, 3.05) is 41.0 Å². The zero-order valence-electron chi connectivity index (χ0n) is 14.0. The van der Waals surface area contributed by atoms with Crippen LogP contribution in [-0.4, -0.2) is 52.8 Å². The van der Waals surface area contributed by atoms with Crippen molar-refractivity contribution in [2.24, 2.45) is 4.99 Å². The van der Waals surface area contributed by atoms with Crippen molar-refractivity contribution >= 4 is 11.9 Å². The molecule has 0 saturated heterocycles. The van der Waals surface area contributed by atoms with Crippen LogP contribution >= 0.6 is 0 Å². The maximum atomic E-state index is 11.8. The smallest absolute Gasteiger partial charge is 0.239 e. The highest BCUT2D eigenvalue weighted by molar-refractivity contribution is 5.86. The van der Waals surface area contributed by atoms with Gasteiger partial charge < -0.3 is 25.4 Å². The number of ether oxygens (including phenoxy) is 2. The van der Waals surface area contributed by atoms with Gasteiger partial charge in [0.15, 0.2) is 5.96 Å². The van der Waals surface area contributed by atoms with E-state index in [9.17, 15) is 4.79 Å². The monoisotopic (exact) mass is 322 g/mol. The van der Waals surface area contributed by atoms with Crippen LogP contribution < -0.4 is 20.7 Å². The van der Waals surface area contributed by atoms with E-state index in [1.165, 1.54) is 0 Å². The van der Waals surface area contributed by atoms with Crippen LogP contribution in [0, 0.1) is 0 Å². The Morgan fingerprint density at radius 3 is 2.48 bits per heavy atom. The number of guanidine groups is 1. The highest BCUT2D eigenvalue weighted by Gasteiger charge is 2.03. The van der Waals surface area contributed by atoms with Crippen molar-refractivity contribution in [3.05, 3.63) is 29.8 Å². The molecule has 0 heterocycles. The van der Waals surface area contributed by atoms with Crippen LogP contribution in [0.5, 0.6) is 5.75 Å². The Labute approximate surface area is 137 Å². The van der Waals surface area contributed by atoms with E-state index in [0.717, 1.165) is 24.3 Å². The van der Waals surface area contributed by atoms with Gasteiger partial charge in [0.05, 0.1) is 13.7 Å². The van der Waals surface area contributed by atoms with E-state index in [4.69, 9.17) is 9.47 Å². The number of carbonyl (C=O) groups is 1. The summed E-state index contributed by atoms with van der Waals surface area (Å²) in [6.07, 6.45) is 0.876. The van der Waals surface area contributed by atoms with Gasteiger partial charge in [0.1, 0.15) is 5.75 Å². The number of carbonyl (C=O) groups excluding carboxylic acids is 1. The van der Waals surface area contributed by atoms with Gasteiger partial charge in [-0.05, 0) is 24.1 Å². The van der Waals surface area contributed by atoms with E-state index in [2.05, 4.69) is 20.9 Å². The molecular formula is C16H26N4O3. The fourth-order valence-electron chi connectivity index (χ4n) is 1.81. The van der Waals surface area contributed by atoms with E-state index in [1.54, 1.807) is 21.3 Å². The van der Waals surface area contributed by atoms with Crippen molar-refractivity contribution < 1.29 is 14.3 Å². The number of rotatable bonds is 9. The third-order valence-electron chi connectivity index (χ3n) is 3.11. The normalized spacial score (nSPS) is 11.0. The predicted molar refractivity (Wildman–Crippen MR) is 90.7 cm³/mol. The summed E-state index contributed by atoms with van der Waals surface area (Å²) in [6, 6.07) is 7.57. The highest BCUT2D eigenvalue weighted by atomic mass is 16.5. The summed E-state index contributed by atoms with van der Waals surface area (Å²) in [7, 11) is 4.96. The Kier molecular flexibility index (Phi) is 9.23. The summed E-state index contributed by atoms with van der Waals surface area (Å²) >= 11 is 0. The standard InChI is InChI=1S/C16H26N4O3/c1-17-16(18-9-4-10-22-2)20-12-15(21)19-11-13-5-7-14(23-3)8-6-13/h5-8H,4,9-12H2,1-3H3,(H,19,21)(H2,17,18,20). The zero-order valence-corrected chi connectivity index (χ0v) is 14.0. The van der Waals surface area contributed by atoms with Crippen LogP contribution in [0.4, 0.5) is 0 Å². The lowest BCUT2D eigenvalue weighted by Gasteiger charge is -2.12. The van der Waals surface area contributed by atoms with Crippen LogP contribution in [0.2, 0.25) is 0 Å². The summed E-state index contributed by atoms with van der Waals surface area (Å²) in [4.78, 5) is 15.9. The molecule has 1 aromatic carbocycles. The fourth-order valence-corrected chi connectivity index (χ4v) is 1.81. The van der Waals surface area contributed by atoms with Crippen LogP contribution in [0.1, 0.15) is 12.0 Å². The molecule has 1 rings (SSSR count). The molecule has 0 fully saturated rings. The molecule has 7 nitrogen and oxygen atoms in total. The summed E-state index contributed by atoms with van der Waals surface area (Å²) in [6.45, 7) is 2.07. The molecule has 0 spiro atoms. The van der Waals surface area contributed by atoms with Gasteiger partial charge in [-0.1, -0.05) is 12.1 Å². The second-order valence-electron chi connectivity index (χ2n) is 4.82. The third kappa shape index (κ3) is 8.06. The number of nitrogens with one attached hydrogen (secondary N) is 3. The first-order valence-electron chi connectivity index (χ1n) is 7.52. The molecule has 0 aromatic heterocycles. The average molecular weight is 322 g/mol. The van der Waals surface area contributed by atoms with E-state index in [1.807, 2.05) is 24.3 Å². The zero-order chi connectivity index (χ0) is 16.9. The first-order valence-corrected chi connectivity index (χ1v) is 7.52. The fraction of sp³-hybridized carbons (Fsp3) is 0.500. The van der Waals surface area contributed by atoms with Crippen LogP contribution in [0.3, 0.4) is 0 Å². The highest BCUT2D eigenvalue weighted by Crippen LogP contribution is 2.10. The molecule has 128 valence electrons. The molecule has 3 N–H and O–H groups in total. The second-order valence-corrected chi connectivity index (χ2v) is 4.82. The van der Waals surface area contributed by atoms with Crippen molar-refractivity contribution in [3.63, 3.8) is 0 Å². The Morgan fingerprint density at radius 2 is 1.87 bits per heavy atom. The first-order chi connectivity index (χ1) is 11.2. The van der Waals surface area contributed by atoms with Gasteiger partial charge in [0, 0.05) is 33.9 Å². The third-order valence-corrected chi connectivity index (χ3v) is 3.11. The van der Waals surface area contributed by atoms with Crippen LogP contribution in [0.25, 0.3) is 0 Å². The molecule has 0 atom stereocenters. The number of amides is 1. The molecule has 0 bridgehead atoms. The molecule has 0 aliphatic carbocycles. The summed E-state index contributed by atoms with van der Waals surface area (Å²) < 4.78 is 10.1. The van der Waals surface area contributed by atoms with Gasteiger partial charge >= 0.3 is 0 Å². The van der Waals surface area contributed by atoms with Gasteiger partial charge in [0.2, 0.25) is 5.91 Å². The van der Waals surface area contributed by atoms with Crippen molar-refractivity contribution in [3.8, 4) is 5.75 Å². The van der Waals surface area contributed by atoms with Crippen molar-refractivity contribution in [2.45, 2.75) is 13.0 Å². The van der Waals surface area contributed by atoms with Gasteiger partial charge in [-0.2, -0.15) is 0 Å². The molecule has 0 aliphatic rings. The summed E-state index contributed by atoms with van der Waals surface area (Å²) in [5, 5.41) is 8.92. The van der Waals surface area contributed by atoms with E-state index >= 15 is 0 Å². The Bertz CT molecular complexity index is 489. The molecule has 1 aromatic rings. The lowest BCUT2D eigenvalue weighted by Crippen LogP contribution is -2.43. The molecular weight excluding hydrogens is 296 g/mol. The molecule has 0 saturated carbocycles. The number of nitrogens with zero attached hydrogens (tertiary/aromatic N) is 1. The topological polar surface area (TPSA) is 84.0 Å². The number of hydrogen-bond acceptors (Lipinski definition) is 4. The van der Waals surface area contributed by atoms with Crippen LogP contribution in [-0.2, 0) is 16.1 Å². The van der Waals surface area contributed by atoms with Crippen molar-refractivity contribution in [1.29, 1.82) is 0 Å². The molecule has 1 amide bonds. The van der Waals surface area contributed by atoms with Gasteiger partial charge in [-0.25, -0.2) is 0 Å². The Morgan fingerprint density at radius 1 is 1.13 bits per heavy atom. The minimum Gasteiger partial charge on any atom is -0.497 e. The quantitative estimate of drug-likeness (QED) is 0.350. The predicted octanol–water partition coefficient (Wildman–Crippen LogP) is 0.513. The maximum Gasteiger partial charge on any atom is 0.239 e. The number of hydrogen-bond donors (Lipinski definition) is 3. The SMILES string of the molecule is CN=C(NCCCOC)NCC(=O)NCc1ccc(OC)cc1. The van der Waals surface area contributed by atoms with E-state index in [0.29, 0.717) is 19.1 Å². The molecule has 0 radical (unpaired) electrons. The average Bonchev–Trinajstić information content (AvgIpc) is 2.59.